The average Bonchev–Trinajstić information content (AvgIpc) is 2.24. The summed E-state index contributed by atoms with van der Waals surface area (Å²) in [6.45, 7) is 0. The van der Waals surface area contributed by atoms with Crippen molar-refractivity contribution >= 4 is 15.9 Å². The molecule has 0 atom stereocenters. The normalized spacial score (nSPS) is 9.47. The van der Waals surface area contributed by atoms with E-state index >= 15 is 0 Å². The van der Waals surface area contributed by atoms with Gasteiger partial charge >= 0.3 is 0 Å². The zero-order valence-electron chi connectivity index (χ0n) is 8.37. The van der Waals surface area contributed by atoms with Crippen LogP contribution in [-0.4, -0.2) is 19.3 Å². The molecule has 0 fully saturated rings. The van der Waals surface area contributed by atoms with Crippen molar-refractivity contribution in [1.29, 1.82) is 5.26 Å². The number of benzene rings is 1. The Morgan fingerprint density at radius 2 is 2.13 bits per heavy atom. The lowest BCUT2D eigenvalue weighted by Crippen LogP contribution is -1.95. The van der Waals surface area contributed by atoms with Gasteiger partial charge in [-0.15, -0.1) is 0 Å². The number of hydrogen-bond acceptors (Lipinski definition) is 4. The number of aromatic hydroxyl groups is 1. The molecular formula is C10H10BrNO3. The molecule has 0 spiro atoms. The summed E-state index contributed by atoms with van der Waals surface area (Å²) in [4.78, 5) is 0. The van der Waals surface area contributed by atoms with Crippen molar-refractivity contribution in [2.24, 2.45) is 0 Å². The van der Waals surface area contributed by atoms with Crippen LogP contribution in [0.25, 0.3) is 0 Å². The molecule has 0 saturated carbocycles. The Bertz CT molecular complexity index is 412. The topological polar surface area (TPSA) is 62.5 Å². The van der Waals surface area contributed by atoms with Crippen LogP contribution in [0.1, 0.15) is 5.56 Å². The minimum absolute atomic E-state index is 0.00852. The molecule has 0 heterocycles. The van der Waals surface area contributed by atoms with E-state index in [0.29, 0.717) is 21.5 Å². The van der Waals surface area contributed by atoms with Gasteiger partial charge in [-0.3, -0.25) is 0 Å². The molecule has 1 rings (SSSR count). The van der Waals surface area contributed by atoms with Gasteiger partial charge in [0.25, 0.3) is 0 Å². The van der Waals surface area contributed by atoms with E-state index in [4.69, 9.17) is 14.7 Å². The van der Waals surface area contributed by atoms with Gasteiger partial charge in [0.05, 0.1) is 26.7 Å². The minimum atomic E-state index is 0.00852. The summed E-state index contributed by atoms with van der Waals surface area (Å²) in [5, 5.41) is 18.3. The first-order valence-corrected chi connectivity index (χ1v) is 4.94. The molecule has 0 aliphatic heterocycles. The molecule has 5 heteroatoms. The van der Waals surface area contributed by atoms with Gasteiger partial charge in [-0.1, -0.05) is 0 Å². The third-order valence-electron chi connectivity index (χ3n) is 1.93. The van der Waals surface area contributed by atoms with Crippen LogP contribution in [0.3, 0.4) is 0 Å². The van der Waals surface area contributed by atoms with E-state index in [1.54, 1.807) is 6.07 Å². The molecule has 1 aromatic carbocycles. The molecule has 0 amide bonds. The summed E-state index contributed by atoms with van der Waals surface area (Å²) >= 11 is 3.19. The zero-order chi connectivity index (χ0) is 11.4. The highest BCUT2D eigenvalue weighted by Crippen LogP contribution is 2.43. The van der Waals surface area contributed by atoms with Crippen LogP contribution in [0.4, 0.5) is 0 Å². The van der Waals surface area contributed by atoms with Crippen LogP contribution in [-0.2, 0) is 6.42 Å². The maximum atomic E-state index is 9.73. The van der Waals surface area contributed by atoms with Gasteiger partial charge in [0.15, 0.2) is 11.5 Å². The molecule has 1 aromatic rings. The van der Waals surface area contributed by atoms with E-state index in [0.717, 1.165) is 0 Å². The summed E-state index contributed by atoms with van der Waals surface area (Å²) in [5.74, 6) is 0.901. The van der Waals surface area contributed by atoms with Crippen LogP contribution in [0, 0.1) is 11.3 Å². The summed E-state index contributed by atoms with van der Waals surface area (Å²) in [6, 6.07) is 3.55. The van der Waals surface area contributed by atoms with Crippen LogP contribution in [0.5, 0.6) is 17.2 Å². The average molecular weight is 272 g/mol. The SMILES string of the molecule is COc1cc(CC#N)c(O)c(Br)c1OC. The van der Waals surface area contributed by atoms with Crippen LogP contribution in [0.2, 0.25) is 0 Å². The van der Waals surface area contributed by atoms with E-state index in [-0.39, 0.29) is 12.2 Å². The van der Waals surface area contributed by atoms with Gasteiger partial charge in [-0.05, 0) is 22.0 Å². The number of phenols is 1. The third kappa shape index (κ3) is 2.16. The fourth-order valence-electron chi connectivity index (χ4n) is 1.21. The molecule has 1 N–H and O–H groups in total. The Labute approximate surface area is 96.2 Å². The zero-order valence-corrected chi connectivity index (χ0v) is 9.96. The first kappa shape index (κ1) is 11.7. The van der Waals surface area contributed by atoms with E-state index in [1.807, 2.05) is 6.07 Å². The molecule has 15 heavy (non-hydrogen) atoms. The smallest absolute Gasteiger partial charge is 0.178 e. The summed E-state index contributed by atoms with van der Waals surface area (Å²) in [7, 11) is 2.98. The summed E-state index contributed by atoms with van der Waals surface area (Å²) in [6.07, 6.45) is 0.116. The fraction of sp³-hybridized carbons (Fsp3) is 0.300. The van der Waals surface area contributed by atoms with E-state index in [9.17, 15) is 5.11 Å². The molecule has 0 unspecified atom stereocenters. The maximum Gasteiger partial charge on any atom is 0.178 e. The maximum absolute atomic E-state index is 9.73. The van der Waals surface area contributed by atoms with Crippen molar-refractivity contribution in [3.63, 3.8) is 0 Å². The molecule has 0 saturated heterocycles. The van der Waals surface area contributed by atoms with E-state index in [1.165, 1.54) is 14.2 Å². The van der Waals surface area contributed by atoms with Crippen LogP contribution in [0.15, 0.2) is 10.5 Å². The van der Waals surface area contributed by atoms with Crippen LogP contribution >= 0.6 is 15.9 Å². The lowest BCUT2D eigenvalue weighted by molar-refractivity contribution is 0.348. The molecule has 0 aliphatic carbocycles. The second kappa shape index (κ2) is 4.89. The Hall–Kier alpha value is -1.41. The minimum Gasteiger partial charge on any atom is -0.506 e. The number of nitrogens with zero attached hydrogens (tertiary/aromatic N) is 1. The number of hydrogen-bond donors (Lipinski definition) is 1. The molecule has 0 radical (unpaired) electrons. The lowest BCUT2D eigenvalue weighted by atomic mass is 10.1. The number of phenolic OH excluding ortho intramolecular Hbond substituents is 1. The van der Waals surface area contributed by atoms with Crippen molar-refractivity contribution in [3.8, 4) is 23.3 Å². The fourth-order valence-corrected chi connectivity index (χ4v) is 1.82. The number of nitriles is 1. The summed E-state index contributed by atoms with van der Waals surface area (Å²) in [5.41, 5.74) is 0.502. The largest absolute Gasteiger partial charge is 0.506 e. The van der Waals surface area contributed by atoms with Crippen LogP contribution < -0.4 is 9.47 Å². The van der Waals surface area contributed by atoms with Crippen molar-refractivity contribution in [3.05, 3.63) is 16.1 Å². The van der Waals surface area contributed by atoms with Gasteiger partial charge in [-0.2, -0.15) is 5.26 Å². The van der Waals surface area contributed by atoms with Crippen molar-refractivity contribution in [2.75, 3.05) is 14.2 Å². The highest BCUT2D eigenvalue weighted by Gasteiger charge is 2.16. The van der Waals surface area contributed by atoms with E-state index < -0.39 is 0 Å². The first-order valence-electron chi connectivity index (χ1n) is 4.15. The molecule has 0 aliphatic rings. The second-order valence-electron chi connectivity index (χ2n) is 2.77. The molecule has 80 valence electrons. The van der Waals surface area contributed by atoms with Crippen molar-refractivity contribution in [1.82, 2.24) is 0 Å². The number of ether oxygens (including phenoxy) is 2. The van der Waals surface area contributed by atoms with Gasteiger partial charge in [-0.25, -0.2) is 0 Å². The second-order valence-corrected chi connectivity index (χ2v) is 3.56. The summed E-state index contributed by atoms with van der Waals surface area (Å²) < 4.78 is 10.5. The van der Waals surface area contributed by atoms with Crippen molar-refractivity contribution < 1.29 is 14.6 Å². The standard InChI is InChI=1S/C10H10BrNO3/c1-14-7-5-6(3-4-12)9(13)8(11)10(7)15-2/h5,13H,3H2,1-2H3. The molecule has 0 aromatic heterocycles. The molecule has 4 nitrogen and oxygen atoms in total. The predicted octanol–water partition coefficient (Wildman–Crippen LogP) is 2.24. The quantitative estimate of drug-likeness (QED) is 0.916. The monoisotopic (exact) mass is 271 g/mol. The molecule has 0 bridgehead atoms. The highest BCUT2D eigenvalue weighted by atomic mass is 79.9. The Kier molecular flexibility index (Phi) is 3.81. The number of rotatable bonds is 3. The molecular weight excluding hydrogens is 262 g/mol. The van der Waals surface area contributed by atoms with Gasteiger partial charge < -0.3 is 14.6 Å². The van der Waals surface area contributed by atoms with Gasteiger partial charge in [0.1, 0.15) is 10.2 Å². The number of halogens is 1. The Morgan fingerprint density at radius 3 is 2.60 bits per heavy atom. The lowest BCUT2D eigenvalue weighted by Gasteiger charge is -2.12. The first-order chi connectivity index (χ1) is 7.15. The van der Waals surface area contributed by atoms with E-state index in [2.05, 4.69) is 15.9 Å². The number of methoxy groups -OCH3 is 2. The third-order valence-corrected chi connectivity index (χ3v) is 2.67. The highest BCUT2D eigenvalue weighted by molar-refractivity contribution is 9.10. The predicted molar refractivity (Wildman–Crippen MR) is 58.2 cm³/mol. The Morgan fingerprint density at radius 1 is 1.47 bits per heavy atom. The Balaban J connectivity index is 3.37. The van der Waals surface area contributed by atoms with Gasteiger partial charge in [0, 0.05) is 5.56 Å². The van der Waals surface area contributed by atoms with Crippen molar-refractivity contribution in [2.45, 2.75) is 6.42 Å². The van der Waals surface area contributed by atoms with Gasteiger partial charge in [0.2, 0.25) is 0 Å².